The summed E-state index contributed by atoms with van der Waals surface area (Å²) in [5.74, 6) is -0.201. The van der Waals surface area contributed by atoms with E-state index < -0.39 is 5.54 Å². The van der Waals surface area contributed by atoms with Crippen LogP contribution >= 0.6 is 23.2 Å². The highest BCUT2D eigenvalue weighted by Gasteiger charge is 2.54. The summed E-state index contributed by atoms with van der Waals surface area (Å²) in [5, 5.41) is 3.62. The lowest BCUT2D eigenvalue weighted by atomic mass is 9.85. The van der Waals surface area contributed by atoms with Crippen molar-refractivity contribution in [2.75, 3.05) is 50.6 Å². The summed E-state index contributed by atoms with van der Waals surface area (Å²) < 4.78 is 0. The van der Waals surface area contributed by atoms with Gasteiger partial charge in [-0.15, -0.1) is 0 Å². The molecule has 2 saturated heterocycles. The van der Waals surface area contributed by atoms with Crippen molar-refractivity contribution in [1.82, 2.24) is 14.7 Å². The molecule has 10 heteroatoms. The number of nitrogens with zero attached hydrogens (tertiary/aromatic N) is 4. The number of carbonyl (C=O) groups excluding carboxylic acids is 3. The van der Waals surface area contributed by atoms with Crippen molar-refractivity contribution < 1.29 is 14.4 Å². The topological polar surface area (TPSA) is 76.2 Å². The van der Waals surface area contributed by atoms with Gasteiger partial charge < -0.3 is 24.9 Å². The van der Waals surface area contributed by atoms with E-state index in [4.69, 9.17) is 23.2 Å². The summed E-state index contributed by atoms with van der Waals surface area (Å²) in [6.45, 7) is 1.16. The third kappa shape index (κ3) is 4.65. The molecule has 0 radical (unpaired) electrons. The fourth-order valence-electron chi connectivity index (χ4n) is 4.48. The Balaban J connectivity index is 1.51. The van der Waals surface area contributed by atoms with Gasteiger partial charge in [-0.3, -0.25) is 9.59 Å². The molecular formula is C24H27Cl2N5O3. The lowest BCUT2D eigenvalue weighted by Crippen LogP contribution is -2.58. The number of likely N-dealkylation sites (N-methyl/N-ethyl adjacent to an activating group) is 1. The number of rotatable bonds is 4. The maximum atomic E-state index is 13.6. The van der Waals surface area contributed by atoms with Crippen LogP contribution in [0, 0.1) is 0 Å². The molecule has 1 spiro atoms. The van der Waals surface area contributed by atoms with E-state index in [0.717, 1.165) is 5.69 Å². The molecule has 0 saturated carbocycles. The minimum Gasteiger partial charge on any atom is -0.347 e. The molecule has 2 aliphatic heterocycles. The van der Waals surface area contributed by atoms with E-state index in [1.807, 2.05) is 30.3 Å². The monoisotopic (exact) mass is 503 g/mol. The number of urea groups is 1. The second-order valence-electron chi connectivity index (χ2n) is 8.77. The molecule has 2 aromatic rings. The smallest absolute Gasteiger partial charge is 0.321 e. The second-order valence-corrected chi connectivity index (χ2v) is 9.59. The Bertz CT molecular complexity index is 1090. The number of likely N-dealkylation sites (tertiary alicyclic amines) is 1. The van der Waals surface area contributed by atoms with Crippen LogP contribution in [0.3, 0.4) is 0 Å². The number of hydrogen-bond donors (Lipinski definition) is 1. The average Bonchev–Trinajstić information content (AvgIpc) is 3.08. The Kier molecular flexibility index (Phi) is 6.91. The number of halogens is 2. The molecule has 34 heavy (non-hydrogen) atoms. The molecule has 180 valence electrons. The van der Waals surface area contributed by atoms with E-state index in [-0.39, 0.29) is 24.4 Å². The Morgan fingerprint density at radius 3 is 2.32 bits per heavy atom. The molecule has 8 nitrogen and oxygen atoms in total. The fourth-order valence-corrected chi connectivity index (χ4v) is 4.78. The van der Waals surface area contributed by atoms with Gasteiger partial charge in [0, 0.05) is 38.6 Å². The first-order chi connectivity index (χ1) is 16.2. The molecule has 4 rings (SSSR count). The number of carbonyl (C=O) groups is 3. The third-order valence-corrected chi connectivity index (χ3v) is 7.19. The molecule has 0 unspecified atom stereocenters. The number of anilines is 2. The fraction of sp³-hybridized carbons (Fsp3) is 0.375. The predicted octanol–water partition coefficient (Wildman–Crippen LogP) is 3.75. The number of benzene rings is 2. The summed E-state index contributed by atoms with van der Waals surface area (Å²) in [5.41, 5.74) is 0.675. The quantitative estimate of drug-likeness (QED) is 0.689. The summed E-state index contributed by atoms with van der Waals surface area (Å²) in [6.07, 6.45) is 0.921. The normalized spacial score (nSPS) is 17.3. The molecule has 1 N–H and O–H groups in total. The van der Waals surface area contributed by atoms with Crippen LogP contribution < -0.4 is 10.2 Å². The van der Waals surface area contributed by atoms with Crippen molar-refractivity contribution >= 4 is 52.4 Å². The average molecular weight is 504 g/mol. The van der Waals surface area contributed by atoms with E-state index in [1.54, 1.807) is 42.1 Å². The van der Waals surface area contributed by atoms with Gasteiger partial charge in [-0.2, -0.15) is 0 Å². The van der Waals surface area contributed by atoms with Crippen molar-refractivity contribution in [3.8, 4) is 0 Å². The van der Waals surface area contributed by atoms with Gasteiger partial charge in [-0.25, -0.2) is 4.79 Å². The van der Waals surface area contributed by atoms with Gasteiger partial charge in [0.1, 0.15) is 12.1 Å². The van der Waals surface area contributed by atoms with Gasteiger partial charge in [0.05, 0.1) is 16.7 Å². The number of amides is 4. The highest BCUT2D eigenvalue weighted by Crippen LogP contribution is 2.39. The summed E-state index contributed by atoms with van der Waals surface area (Å²) >= 11 is 12.0. The zero-order chi connectivity index (χ0) is 24.5. The third-order valence-electron chi connectivity index (χ3n) is 6.46. The van der Waals surface area contributed by atoms with Crippen LogP contribution in [0.5, 0.6) is 0 Å². The predicted molar refractivity (Wildman–Crippen MR) is 133 cm³/mol. The van der Waals surface area contributed by atoms with Crippen molar-refractivity contribution in [1.29, 1.82) is 0 Å². The van der Waals surface area contributed by atoms with Crippen LogP contribution in [0.15, 0.2) is 48.5 Å². The van der Waals surface area contributed by atoms with Crippen molar-refractivity contribution in [2.24, 2.45) is 0 Å². The number of piperidine rings is 1. The molecule has 0 atom stereocenters. The Hall–Kier alpha value is -2.97. The van der Waals surface area contributed by atoms with Crippen molar-refractivity contribution in [3.63, 3.8) is 0 Å². The second kappa shape index (κ2) is 9.72. The minimum atomic E-state index is -0.797. The van der Waals surface area contributed by atoms with Crippen LogP contribution in [0.25, 0.3) is 0 Å². The lowest BCUT2D eigenvalue weighted by Gasteiger charge is -2.43. The van der Waals surface area contributed by atoms with Crippen LogP contribution in [-0.4, -0.2) is 78.5 Å². The van der Waals surface area contributed by atoms with Crippen LogP contribution in [0.4, 0.5) is 16.2 Å². The maximum absolute atomic E-state index is 13.6. The Morgan fingerprint density at radius 1 is 1.03 bits per heavy atom. The zero-order valence-corrected chi connectivity index (χ0v) is 20.6. The largest absolute Gasteiger partial charge is 0.347 e. The van der Waals surface area contributed by atoms with Gasteiger partial charge in [-0.1, -0.05) is 41.4 Å². The lowest BCUT2D eigenvalue weighted by molar-refractivity contribution is -0.139. The number of nitrogens with one attached hydrogen (secondary N) is 1. The molecule has 0 aliphatic carbocycles. The van der Waals surface area contributed by atoms with E-state index >= 15 is 0 Å². The van der Waals surface area contributed by atoms with E-state index in [1.165, 1.54) is 4.90 Å². The molecule has 2 aliphatic rings. The van der Waals surface area contributed by atoms with E-state index in [0.29, 0.717) is 48.3 Å². The highest BCUT2D eigenvalue weighted by atomic mass is 35.5. The SMILES string of the molecule is CN(C)C(=O)CN1CN(c2ccccc2)C2(CCN(C(=O)Nc3ccc(Cl)c(Cl)c3)CC2)C1=O. The van der Waals surface area contributed by atoms with Crippen molar-refractivity contribution in [3.05, 3.63) is 58.6 Å². The first kappa shape index (κ1) is 24.2. The van der Waals surface area contributed by atoms with Gasteiger partial charge >= 0.3 is 6.03 Å². The Morgan fingerprint density at radius 2 is 1.71 bits per heavy atom. The zero-order valence-electron chi connectivity index (χ0n) is 19.1. The van der Waals surface area contributed by atoms with Gasteiger partial charge in [-0.05, 0) is 43.2 Å². The van der Waals surface area contributed by atoms with Gasteiger partial charge in [0.2, 0.25) is 5.91 Å². The Labute approximate surface area is 209 Å². The summed E-state index contributed by atoms with van der Waals surface area (Å²) in [6, 6.07) is 14.4. The van der Waals surface area contributed by atoms with Crippen molar-refractivity contribution in [2.45, 2.75) is 18.4 Å². The molecule has 2 heterocycles. The van der Waals surface area contributed by atoms with Gasteiger partial charge in [0.15, 0.2) is 0 Å². The maximum Gasteiger partial charge on any atom is 0.321 e. The first-order valence-electron chi connectivity index (χ1n) is 11.0. The van der Waals surface area contributed by atoms with E-state index in [2.05, 4.69) is 10.2 Å². The van der Waals surface area contributed by atoms with E-state index in [9.17, 15) is 14.4 Å². The molecule has 2 aromatic carbocycles. The molecule has 0 aromatic heterocycles. The summed E-state index contributed by atoms with van der Waals surface area (Å²) in [7, 11) is 3.36. The first-order valence-corrected chi connectivity index (χ1v) is 11.8. The molecular weight excluding hydrogens is 477 g/mol. The molecule has 0 bridgehead atoms. The molecule has 4 amide bonds. The van der Waals surface area contributed by atoms with Crippen LogP contribution in [0.1, 0.15) is 12.8 Å². The highest BCUT2D eigenvalue weighted by molar-refractivity contribution is 6.42. The summed E-state index contributed by atoms with van der Waals surface area (Å²) in [4.78, 5) is 45.7. The number of hydrogen-bond acceptors (Lipinski definition) is 4. The number of para-hydroxylation sites is 1. The molecule has 2 fully saturated rings. The van der Waals surface area contributed by atoms with Crippen LogP contribution in [-0.2, 0) is 9.59 Å². The standard InChI is InChI=1S/C24H27Cl2N5O3/c1-28(2)21(32)15-30-16-31(18-6-4-3-5-7-18)24(22(30)33)10-12-29(13-11-24)23(34)27-17-8-9-19(25)20(26)14-17/h3-9,14H,10-13,15-16H2,1-2H3,(H,27,34). The minimum absolute atomic E-state index is 0.0262. The van der Waals surface area contributed by atoms with Crippen LogP contribution in [0.2, 0.25) is 10.0 Å². The van der Waals surface area contributed by atoms with Gasteiger partial charge in [0.25, 0.3) is 5.91 Å².